The lowest BCUT2D eigenvalue weighted by Gasteiger charge is -2.36. The average molecular weight is 510 g/mol. The summed E-state index contributed by atoms with van der Waals surface area (Å²) in [5.41, 5.74) is 4.99. The molecule has 180 valence electrons. The van der Waals surface area contributed by atoms with E-state index in [4.69, 9.17) is 11.6 Å². The van der Waals surface area contributed by atoms with Gasteiger partial charge in [0.05, 0.1) is 21.8 Å². The summed E-state index contributed by atoms with van der Waals surface area (Å²) < 4.78 is 55.9. The van der Waals surface area contributed by atoms with Crippen molar-refractivity contribution in [2.24, 2.45) is 0 Å². The van der Waals surface area contributed by atoms with Crippen LogP contribution in [0.4, 0.5) is 23.5 Å². The number of anilines is 1. The standard InChI is InChI=1S/C26H16ClF4N5/c27-19-8-9-22(33-15-19)25(14-16-5-2-1-3-6-16,17-11-18(26(29,30)31)13-20(28)12-17)36-24-34-21-7-4-10-32-23(21)35-24/h2,4-13,15H,14H2,(H2,32,34,35,36). The van der Waals surface area contributed by atoms with Crippen LogP contribution in [0, 0.1) is 5.82 Å². The average Bonchev–Trinajstić information content (AvgIpc) is 3.26. The number of nitrogens with one attached hydrogen (secondary N) is 2. The molecule has 0 fully saturated rings. The normalized spacial score (nSPS) is 14.6. The third-order valence-electron chi connectivity index (χ3n) is 5.66. The van der Waals surface area contributed by atoms with Gasteiger partial charge in [0.2, 0.25) is 5.95 Å². The fraction of sp³-hybridized carbons (Fsp3) is 0.115. The molecule has 0 amide bonds. The molecule has 0 bridgehead atoms. The second-order valence-corrected chi connectivity index (χ2v) is 8.53. The van der Waals surface area contributed by atoms with E-state index in [1.807, 2.05) is 0 Å². The molecule has 1 aliphatic carbocycles. The zero-order valence-corrected chi connectivity index (χ0v) is 19.1. The van der Waals surface area contributed by atoms with E-state index in [0.717, 1.165) is 12.1 Å². The predicted octanol–water partition coefficient (Wildman–Crippen LogP) is 6.72. The van der Waals surface area contributed by atoms with Gasteiger partial charge in [-0.3, -0.25) is 4.98 Å². The Kier molecular flexibility index (Phi) is 5.98. The van der Waals surface area contributed by atoms with Gasteiger partial charge < -0.3 is 10.3 Å². The van der Waals surface area contributed by atoms with E-state index in [2.05, 4.69) is 36.7 Å². The first kappa shape index (κ1) is 23.6. The summed E-state index contributed by atoms with van der Waals surface area (Å²) in [5, 5.41) is 3.55. The Morgan fingerprint density at radius 3 is 2.56 bits per heavy atom. The molecule has 0 aliphatic heterocycles. The van der Waals surface area contributed by atoms with E-state index in [9.17, 15) is 17.6 Å². The number of benzene rings is 1. The number of aromatic nitrogens is 4. The molecule has 3 heterocycles. The molecule has 1 unspecified atom stereocenters. The number of H-pyrrole nitrogens is 1. The zero-order valence-electron chi connectivity index (χ0n) is 18.4. The van der Waals surface area contributed by atoms with E-state index in [-0.39, 0.29) is 17.9 Å². The first-order chi connectivity index (χ1) is 17.2. The second-order valence-electron chi connectivity index (χ2n) is 8.10. The number of alkyl halides is 3. The predicted molar refractivity (Wildman–Crippen MR) is 128 cm³/mol. The first-order valence-corrected chi connectivity index (χ1v) is 11.1. The van der Waals surface area contributed by atoms with Crippen LogP contribution in [-0.2, 0) is 11.7 Å². The first-order valence-electron chi connectivity index (χ1n) is 10.7. The van der Waals surface area contributed by atoms with E-state index in [1.54, 1.807) is 48.7 Å². The van der Waals surface area contributed by atoms with Crippen LogP contribution in [0.5, 0.6) is 0 Å². The van der Waals surface area contributed by atoms with Crippen molar-refractivity contribution < 1.29 is 17.6 Å². The molecule has 0 radical (unpaired) electrons. The van der Waals surface area contributed by atoms with E-state index in [1.165, 1.54) is 6.20 Å². The van der Waals surface area contributed by atoms with Crippen LogP contribution in [0.3, 0.4) is 0 Å². The molecule has 1 atom stereocenters. The van der Waals surface area contributed by atoms with Crippen molar-refractivity contribution in [3.05, 3.63) is 118 Å². The summed E-state index contributed by atoms with van der Waals surface area (Å²) in [6.07, 6.45) is 3.27. The smallest absolute Gasteiger partial charge is 0.340 e. The van der Waals surface area contributed by atoms with Gasteiger partial charge in [-0.15, -0.1) is 0 Å². The lowest BCUT2D eigenvalue weighted by Crippen LogP contribution is -2.39. The number of imidazole rings is 1. The summed E-state index contributed by atoms with van der Waals surface area (Å²) in [6.45, 7) is 0. The Hall–Kier alpha value is -4.16. The quantitative estimate of drug-likeness (QED) is 0.224. The van der Waals surface area contributed by atoms with Gasteiger partial charge in [0.1, 0.15) is 11.4 Å². The van der Waals surface area contributed by atoms with Gasteiger partial charge in [-0.05, 0) is 71.8 Å². The van der Waals surface area contributed by atoms with Gasteiger partial charge in [0, 0.05) is 18.8 Å². The highest BCUT2D eigenvalue weighted by atomic mass is 35.5. The number of aromatic amines is 1. The molecule has 10 heteroatoms. The molecule has 36 heavy (non-hydrogen) atoms. The van der Waals surface area contributed by atoms with Crippen LogP contribution in [0.1, 0.15) is 23.2 Å². The molecular formula is C26H16ClF4N5. The Balaban J connectivity index is 1.77. The Labute approximate surface area is 207 Å². The molecule has 5 rings (SSSR count). The van der Waals surface area contributed by atoms with Crippen LogP contribution < -0.4 is 5.32 Å². The lowest BCUT2D eigenvalue weighted by molar-refractivity contribution is -0.137. The molecule has 1 aromatic carbocycles. The summed E-state index contributed by atoms with van der Waals surface area (Å²) >= 11 is 6.06. The third-order valence-corrected chi connectivity index (χ3v) is 5.89. The minimum absolute atomic E-state index is 0.00843. The number of hydrogen-bond acceptors (Lipinski definition) is 4. The summed E-state index contributed by atoms with van der Waals surface area (Å²) in [7, 11) is 0. The Morgan fingerprint density at radius 2 is 1.86 bits per heavy atom. The number of hydrogen-bond donors (Lipinski definition) is 2. The van der Waals surface area contributed by atoms with Gasteiger partial charge in [-0.25, -0.2) is 9.37 Å². The largest absolute Gasteiger partial charge is 0.416 e. The highest BCUT2D eigenvalue weighted by molar-refractivity contribution is 6.30. The second kappa shape index (κ2) is 9.13. The molecule has 1 aliphatic rings. The fourth-order valence-electron chi connectivity index (χ4n) is 4.05. The van der Waals surface area contributed by atoms with Gasteiger partial charge in [0.25, 0.3) is 0 Å². The summed E-state index contributed by atoms with van der Waals surface area (Å²) in [6, 6.07) is 9.04. The minimum Gasteiger partial charge on any atom is -0.340 e. The minimum atomic E-state index is -4.77. The van der Waals surface area contributed by atoms with Crippen LogP contribution in [-0.4, -0.2) is 19.9 Å². The molecule has 3 aromatic heterocycles. The van der Waals surface area contributed by atoms with Gasteiger partial charge >= 0.3 is 6.18 Å². The van der Waals surface area contributed by atoms with Crippen molar-refractivity contribution >= 4 is 28.7 Å². The van der Waals surface area contributed by atoms with Crippen molar-refractivity contribution in [2.45, 2.75) is 18.1 Å². The van der Waals surface area contributed by atoms with Crippen molar-refractivity contribution in [1.29, 1.82) is 0 Å². The highest BCUT2D eigenvalue weighted by Crippen LogP contribution is 2.41. The van der Waals surface area contributed by atoms with E-state index in [0.29, 0.717) is 33.5 Å². The van der Waals surface area contributed by atoms with E-state index < -0.39 is 23.1 Å². The SMILES string of the molecule is Fc1cc(C(F)(F)F)cc(C(CC2=CC=C=C=C2)(Nc2nc3ncccc3[nH]2)c2ccc(Cl)cn2)c1. The van der Waals surface area contributed by atoms with Crippen molar-refractivity contribution in [2.75, 3.05) is 5.32 Å². The Bertz CT molecular complexity index is 1540. The number of nitrogens with zero attached hydrogens (tertiary/aromatic N) is 3. The Morgan fingerprint density at radius 1 is 1.03 bits per heavy atom. The van der Waals surface area contributed by atoms with Crippen LogP contribution in [0.25, 0.3) is 11.2 Å². The monoisotopic (exact) mass is 509 g/mol. The topological polar surface area (TPSA) is 66.5 Å². The van der Waals surface area contributed by atoms with Crippen LogP contribution in [0.2, 0.25) is 5.02 Å². The third kappa shape index (κ3) is 4.68. The van der Waals surface area contributed by atoms with Gasteiger partial charge in [-0.1, -0.05) is 23.1 Å². The molecule has 5 nitrogen and oxygen atoms in total. The van der Waals surface area contributed by atoms with Crippen LogP contribution in [0.15, 0.2) is 90.1 Å². The van der Waals surface area contributed by atoms with Gasteiger partial charge in [-0.2, -0.15) is 18.2 Å². The zero-order chi connectivity index (χ0) is 25.3. The van der Waals surface area contributed by atoms with Crippen LogP contribution >= 0.6 is 11.6 Å². The maximum Gasteiger partial charge on any atom is 0.416 e. The number of pyridine rings is 2. The molecule has 0 saturated heterocycles. The summed E-state index contributed by atoms with van der Waals surface area (Å²) in [5.74, 6) is -0.830. The lowest BCUT2D eigenvalue weighted by atomic mass is 9.79. The molecule has 4 aromatic rings. The van der Waals surface area contributed by atoms with Crippen molar-refractivity contribution in [1.82, 2.24) is 19.9 Å². The molecule has 0 saturated carbocycles. The maximum absolute atomic E-state index is 14.7. The number of allylic oxidation sites excluding steroid dienone is 3. The van der Waals surface area contributed by atoms with Crippen molar-refractivity contribution in [3.8, 4) is 0 Å². The van der Waals surface area contributed by atoms with E-state index >= 15 is 0 Å². The number of fused-ring (bicyclic) bond motifs is 1. The van der Waals surface area contributed by atoms with Gasteiger partial charge in [0.15, 0.2) is 5.65 Å². The van der Waals surface area contributed by atoms with Crippen molar-refractivity contribution in [3.63, 3.8) is 0 Å². The maximum atomic E-state index is 14.7. The number of rotatable bonds is 6. The number of halogens is 5. The fourth-order valence-corrected chi connectivity index (χ4v) is 4.16. The molecular weight excluding hydrogens is 494 g/mol. The molecule has 0 spiro atoms. The highest BCUT2D eigenvalue weighted by Gasteiger charge is 2.40. The molecule has 2 N–H and O–H groups in total. The summed E-state index contributed by atoms with van der Waals surface area (Å²) in [4.78, 5) is 16.1.